The molecule has 1 aliphatic carbocycles. The monoisotopic (exact) mass is 250 g/mol. The third-order valence-electron chi connectivity index (χ3n) is 3.20. The molecule has 0 unspecified atom stereocenters. The predicted octanol–water partition coefficient (Wildman–Crippen LogP) is 4.22. The van der Waals surface area contributed by atoms with Gasteiger partial charge in [-0.15, -0.1) is 0 Å². The Morgan fingerprint density at radius 2 is 2.18 bits per heavy atom. The normalized spacial score (nSPS) is 15.5. The van der Waals surface area contributed by atoms with Gasteiger partial charge in [0.25, 0.3) is 0 Å². The van der Waals surface area contributed by atoms with Crippen molar-refractivity contribution in [1.82, 2.24) is 0 Å². The molecule has 1 aliphatic rings. The van der Waals surface area contributed by atoms with Gasteiger partial charge >= 0.3 is 0 Å². The quantitative estimate of drug-likeness (QED) is 0.620. The van der Waals surface area contributed by atoms with Crippen LogP contribution in [0.15, 0.2) is 29.8 Å². The van der Waals surface area contributed by atoms with Crippen molar-refractivity contribution in [2.24, 2.45) is 0 Å². The second-order valence-electron chi connectivity index (χ2n) is 4.49. The van der Waals surface area contributed by atoms with Crippen LogP contribution in [0.1, 0.15) is 32.1 Å². The maximum atomic E-state index is 5.97. The minimum atomic E-state index is 0.617. The number of hydrogen-bond acceptors (Lipinski definition) is 2. The molecule has 3 heteroatoms. The molecule has 0 radical (unpaired) electrons. The number of anilines is 2. The lowest BCUT2D eigenvalue weighted by Gasteiger charge is -2.14. The fraction of sp³-hybridized carbons (Fsp3) is 0.429. The zero-order chi connectivity index (χ0) is 12.1. The first-order valence-corrected chi connectivity index (χ1v) is 6.61. The van der Waals surface area contributed by atoms with E-state index in [1.165, 1.54) is 25.7 Å². The molecule has 0 spiro atoms. The summed E-state index contributed by atoms with van der Waals surface area (Å²) in [6, 6.07) is 5.70. The highest BCUT2D eigenvalue weighted by Crippen LogP contribution is 2.27. The summed E-state index contributed by atoms with van der Waals surface area (Å²) in [7, 11) is 0. The highest BCUT2D eigenvalue weighted by molar-refractivity contribution is 6.33. The van der Waals surface area contributed by atoms with Crippen molar-refractivity contribution in [3.8, 4) is 0 Å². The Bertz CT molecular complexity index is 413. The zero-order valence-corrected chi connectivity index (χ0v) is 10.8. The Morgan fingerprint density at radius 3 is 2.94 bits per heavy atom. The van der Waals surface area contributed by atoms with E-state index in [9.17, 15) is 0 Å². The number of nitrogen functional groups attached to an aromatic ring is 1. The summed E-state index contributed by atoms with van der Waals surface area (Å²) in [5, 5.41) is 3.97. The van der Waals surface area contributed by atoms with Gasteiger partial charge in [-0.05, 0) is 44.2 Å². The first-order valence-electron chi connectivity index (χ1n) is 6.23. The van der Waals surface area contributed by atoms with E-state index in [2.05, 4.69) is 11.4 Å². The molecule has 0 amide bonds. The van der Waals surface area contributed by atoms with Crippen molar-refractivity contribution in [2.75, 3.05) is 17.6 Å². The van der Waals surface area contributed by atoms with E-state index >= 15 is 0 Å². The number of para-hydroxylation sites is 1. The van der Waals surface area contributed by atoms with Gasteiger partial charge in [0.1, 0.15) is 0 Å². The second kappa shape index (κ2) is 5.97. The van der Waals surface area contributed by atoms with Gasteiger partial charge in [-0.3, -0.25) is 0 Å². The van der Waals surface area contributed by atoms with E-state index in [1.807, 2.05) is 18.2 Å². The topological polar surface area (TPSA) is 38.0 Å². The average molecular weight is 251 g/mol. The Hall–Kier alpha value is -1.15. The number of allylic oxidation sites excluding steroid dienone is 1. The van der Waals surface area contributed by atoms with Crippen LogP contribution in [-0.4, -0.2) is 6.54 Å². The Balaban J connectivity index is 1.85. The van der Waals surface area contributed by atoms with Crippen LogP contribution < -0.4 is 11.1 Å². The van der Waals surface area contributed by atoms with Crippen molar-refractivity contribution in [3.63, 3.8) is 0 Å². The molecule has 0 atom stereocenters. The Labute approximate surface area is 108 Å². The number of benzene rings is 1. The number of halogens is 1. The van der Waals surface area contributed by atoms with Crippen LogP contribution in [0.5, 0.6) is 0 Å². The zero-order valence-electron chi connectivity index (χ0n) is 10.0. The third-order valence-corrected chi connectivity index (χ3v) is 3.53. The molecule has 0 fully saturated rings. The van der Waals surface area contributed by atoms with Gasteiger partial charge in [0.15, 0.2) is 0 Å². The molecule has 0 aromatic heterocycles. The van der Waals surface area contributed by atoms with Crippen LogP contribution in [-0.2, 0) is 0 Å². The third kappa shape index (κ3) is 3.40. The summed E-state index contributed by atoms with van der Waals surface area (Å²) < 4.78 is 0. The van der Waals surface area contributed by atoms with Gasteiger partial charge in [0.2, 0.25) is 0 Å². The van der Waals surface area contributed by atoms with Crippen molar-refractivity contribution in [3.05, 3.63) is 34.9 Å². The van der Waals surface area contributed by atoms with E-state index in [-0.39, 0.29) is 0 Å². The molecule has 92 valence electrons. The lowest BCUT2D eigenvalue weighted by atomic mass is 9.97. The minimum absolute atomic E-state index is 0.617. The Kier molecular flexibility index (Phi) is 4.32. The van der Waals surface area contributed by atoms with Crippen LogP contribution in [0, 0.1) is 0 Å². The molecule has 17 heavy (non-hydrogen) atoms. The van der Waals surface area contributed by atoms with Crippen molar-refractivity contribution in [2.45, 2.75) is 32.1 Å². The van der Waals surface area contributed by atoms with Gasteiger partial charge < -0.3 is 11.1 Å². The van der Waals surface area contributed by atoms with Gasteiger partial charge in [0.05, 0.1) is 16.4 Å². The van der Waals surface area contributed by atoms with Crippen LogP contribution in [0.3, 0.4) is 0 Å². The summed E-state index contributed by atoms with van der Waals surface area (Å²) in [4.78, 5) is 0. The summed E-state index contributed by atoms with van der Waals surface area (Å²) in [6.07, 6.45) is 8.67. The van der Waals surface area contributed by atoms with E-state index in [4.69, 9.17) is 17.3 Å². The van der Waals surface area contributed by atoms with Crippen LogP contribution >= 0.6 is 11.6 Å². The molecule has 0 heterocycles. The second-order valence-corrected chi connectivity index (χ2v) is 4.89. The van der Waals surface area contributed by atoms with Crippen LogP contribution in [0.2, 0.25) is 5.02 Å². The maximum absolute atomic E-state index is 5.97. The molecule has 3 N–H and O–H groups in total. The number of nitrogens with two attached hydrogens (primary N) is 1. The molecule has 2 rings (SSSR count). The molecule has 1 aromatic carbocycles. The van der Waals surface area contributed by atoms with Crippen molar-refractivity contribution < 1.29 is 0 Å². The molecule has 1 aromatic rings. The molecule has 2 nitrogen and oxygen atoms in total. The predicted molar refractivity (Wildman–Crippen MR) is 75.5 cm³/mol. The average Bonchev–Trinajstić information content (AvgIpc) is 2.36. The number of rotatable bonds is 4. The van der Waals surface area contributed by atoms with E-state index in [0.29, 0.717) is 10.7 Å². The fourth-order valence-electron chi connectivity index (χ4n) is 2.18. The SMILES string of the molecule is Nc1c(Cl)cccc1NCCC1=CCCCC1. The van der Waals surface area contributed by atoms with Crippen molar-refractivity contribution >= 4 is 23.0 Å². The lowest BCUT2D eigenvalue weighted by molar-refractivity contribution is 0.679. The lowest BCUT2D eigenvalue weighted by Crippen LogP contribution is -2.06. The number of hydrogen-bond donors (Lipinski definition) is 2. The smallest absolute Gasteiger partial charge is 0.0739 e. The highest BCUT2D eigenvalue weighted by atomic mass is 35.5. The summed E-state index contributed by atoms with van der Waals surface area (Å²) >= 11 is 5.97. The summed E-state index contributed by atoms with van der Waals surface area (Å²) in [6.45, 7) is 0.927. The van der Waals surface area contributed by atoms with Gasteiger partial charge in [0, 0.05) is 6.54 Å². The highest BCUT2D eigenvalue weighted by Gasteiger charge is 2.05. The van der Waals surface area contributed by atoms with E-state index in [0.717, 1.165) is 18.7 Å². The number of nitrogens with one attached hydrogen (secondary N) is 1. The van der Waals surface area contributed by atoms with Crippen LogP contribution in [0.4, 0.5) is 11.4 Å². The minimum Gasteiger partial charge on any atom is -0.396 e. The largest absolute Gasteiger partial charge is 0.396 e. The molecule has 0 saturated carbocycles. The molecule has 0 bridgehead atoms. The van der Waals surface area contributed by atoms with E-state index in [1.54, 1.807) is 5.57 Å². The molecule has 0 saturated heterocycles. The first-order chi connectivity index (χ1) is 8.27. The van der Waals surface area contributed by atoms with Gasteiger partial charge in [-0.25, -0.2) is 0 Å². The van der Waals surface area contributed by atoms with Gasteiger partial charge in [-0.2, -0.15) is 0 Å². The summed E-state index contributed by atoms with van der Waals surface area (Å²) in [5.41, 5.74) is 9.05. The van der Waals surface area contributed by atoms with E-state index < -0.39 is 0 Å². The fourth-order valence-corrected chi connectivity index (χ4v) is 2.36. The Morgan fingerprint density at radius 1 is 1.29 bits per heavy atom. The maximum Gasteiger partial charge on any atom is 0.0739 e. The van der Waals surface area contributed by atoms with Gasteiger partial charge in [-0.1, -0.05) is 29.3 Å². The standard InChI is InChI=1S/C14H19ClN2/c15-12-7-4-8-13(14(12)16)17-10-9-11-5-2-1-3-6-11/h4-5,7-8,17H,1-3,6,9-10,16H2. The molecular formula is C14H19ClN2. The first kappa shape index (κ1) is 12.3. The summed E-state index contributed by atoms with van der Waals surface area (Å²) in [5.74, 6) is 0. The molecule has 0 aliphatic heterocycles. The van der Waals surface area contributed by atoms with Crippen molar-refractivity contribution in [1.29, 1.82) is 0 Å². The molecular weight excluding hydrogens is 232 g/mol. The van der Waals surface area contributed by atoms with Crippen LogP contribution in [0.25, 0.3) is 0 Å².